The Morgan fingerprint density at radius 2 is 2.30 bits per heavy atom. The molecule has 1 aliphatic heterocycles. The lowest BCUT2D eigenvalue weighted by Gasteiger charge is -2.23. The number of aromatic nitrogens is 3. The van der Waals surface area contributed by atoms with Gasteiger partial charge in [-0.1, -0.05) is 6.92 Å². The van der Waals surface area contributed by atoms with Crippen molar-refractivity contribution in [3.63, 3.8) is 0 Å². The fourth-order valence-electron chi connectivity index (χ4n) is 2.47. The molecule has 1 aromatic rings. The highest BCUT2D eigenvalue weighted by Crippen LogP contribution is 2.23. The highest BCUT2D eigenvalue weighted by atomic mass is 16.4. The summed E-state index contributed by atoms with van der Waals surface area (Å²) < 4.78 is 1.78. The molecule has 2 N–H and O–H groups in total. The van der Waals surface area contributed by atoms with Crippen molar-refractivity contribution in [2.24, 2.45) is 13.0 Å². The number of likely N-dealkylation sites (tertiary alicyclic amines) is 1. The maximum absolute atomic E-state index is 12.0. The van der Waals surface area contributed by atoms with Crippen molar-refractivity contribution < 1.29 is 14.7 Å². The Morgan fingerprint density at radius 3 is 2.90 bits per heavy atom. The van der Waals surface area contributed by atoms with Crippen LogP contribution in [-0.4, -0.2) is 55.9 Å². The van der Waals surface area contributed by atoms with Crippen LogP contribution in [0.2, 0.25) is 0 Å². The van der Waals surface area contributed by atoms with Crippen LogP contribution in [0.3, 0.4) is 0 Å². The van der Waals surface area contributed by atoms with E-state index in [-0.39, 0.29) is 11.9 Å². The van der Waals surface area contributed by atoms with Crippen LogP contribution in [0.25, 0.3) is 0 Å². The Hall–Kier alpha value is -2.12. The van der Waals surface area contributed by atoms with Gasteiger partial charge in [-0.05, 0) is 12.3 Å². The Labute approximate surface area is 116 Å². The maximum Gasteiger partial charge on any atom is 0.326 e. The standard InChI is InChI=1S/C12H19N5O3/c1-8-4-6-17(10(8)11(18)19)12(20)13-5-3-9-15-14-7-16(9)2/h7-8,10H,3-6H2,1-2H3,(H,13,20)(H,18,19). The van der Waals surface area contributed by atoms with Crippen molar-refractivity contribution >= 4 is 12.0 Å². The van der Waals surface area contributed by atoms with Gasteiger partial charge in [0.25, 0.3) is 0 Å². The average Bonchev–Trinajstić information content (AvgIpc) is 2.96. The molecule has 20 heavy (non-hydrogen) atoms. The van der Waals surface area contributed by atoms with E-state index < -0.39 is 12.0 Å². The fraction of sp³-hybridized carbons (Fsp3) is 0.667. The minimum Gasteiger partial charge on any atom is -0.480 e. The molecule has 2 amide bonds. The number of nitrogens with one attached hydrogen (secondary N) is 1. The topological polar surface area (TPSA) is 100 Å². The Morgan fingerprint density at radius 1 is 1.55 bits per heavy atom. The van der Waals surface area contributed by atoms with Gasteiger partial charge in [-0.25, -0.2) is 9.59 Å². The maximum atomic E-state index is 12.0. The van der Waals surface area contributed by atoms with E-state index in [1.165, 1.54) is 4.90 Å². The summed E-state index contributed by atoms with van der Waals surface area (Å²) in [6, 6.07) is -1.06. The number of urea groups is 1. The predicted octanol–water partition coefficient (Wildman–Crippen LogP) is -0.138. The molecular formula is C12H19N5O3. The van der Waals surface area contributed by atoms with Crippen molar-refractivity contribution in [2.75, 3.05) is 13.1 Å². The van der Waals surface area contributed by atoms with Crippen molar-refractivity contribution in [3.05, 3.63) is 12.2 Å². The number of hydrogen-bond acceptors (Lipinski definition) is 4. The lowest BCUT2D eigenvalue weighted by atomic mass is 10.0. The summed E-state index contributed by atoms with van der Waals surface area (Å²) in [5.41, 5.74) is 0. The van der Waals surface area contributed by atoms with Gasteiger partial charge in [-0.3, -0.25) is 0 Å². The van der Waals surface area contributed by atoms with Crippen molar-refractivity contribution in [1.82, 2.24) is 25.0 Å². The van der Waals surface area contributed by atoms with E-state index in [1.807, 2.05) is 14.0 Å². The highest BCUT2D eigenvalue weighted by Gasteiger charge is 2.39. The summed E-state index contributed by atoms with van der Waals surface area (Å²) in [5, 5.41) is 19.6. The molecule has 0 aliphatic carbocycles. The molecule has 110 valence electrons. The number of rotatable bonds is 4. The van der Waals surface area contributed by atoms with E-state index in [1.54, 1.807) is 10.9 Å². The van der Waals surface area contributed by atoms with Gasteiger partial charge in [0.1, 0.15) is 18.2 Å². The zero-order valence-corrected chi connectivity index (χ0v) is 11.6. The van der Waals surface area contributed by atoms with Gasteiger partial charge in [0.05, 0.1) is 0 Å². The number of amides is 2. The second-order valence-corrected chi connectivity index (χ2v) is 5.08. The first kappa shape index (κ1) is 14.3. The monoisotopic (exact) mass is 281 g/mol. The number of carbonyl (C=O) groups is 2. The van der Waals surface area contributed by atoms with Gasteiger partial charge in [-0.2, -0.15) is 0 Å². The number of carbonyl (C=O) groups excluding carboxylic acids is 1. The number of aliphatic carboxylic acids is 1. The number of nitrogens with zero attached hydrogens (tertiary/aromatic N) is 4. The third-order valence-electron chi connectivity index (χ3n) is 3.64. The minimum atomic E-state index is -0.946. The third-order valence-corrected chi connectivity index (χ3v) is 3.64. The second-order valence-electron chi connectivity index (χ2n) is 5.08. The average molecular weight is 281 g/mol. The van der Waals surface area contributed by atoms with Crippen LogP contribution in [0.5, 0.6) is 0 Å². The van der Waals surface area contributed by atoms with Gasteiger partial charge >= 0.3 is 12.0 Å². The molecule has 1 saturated heterocycles. The SMILES string of the molecule is CC1CCN(C(=O)NCCc2nncn2C)C1C(=O)O. The molecule has 2 unspecified atom stereocenters. The quantitative estimate of drug-likeness (QED) is 0.800. The zero-order valence-electron chi connectivity index (χ0n) is 11.6. The van der Waals surface area contributed by atoms with Crippen molar-refractivity contribution in [3.8, 4) is 0 Å². The first-order valence-corrected chi connectivity index (χ1v) is 6.61. The third kappa shape index (κ3) is 2.89. The Balaban J connectivity index is 1.86. The van der Waals surface area contributed by atoms with Gasteiger partial charge in [0.2, 0.25) is 0 Å². The molecule has 0 saturated carbocycles. The molecule has 0 bridgehead atoms. The molecule has 2 heterocycles. The van der Waals surface area contributed by atoms with E-state index in [0.29, 0.717) is 25.9 Å². The van der Waals surface area contributed by atoms with Gasteiger partial charge in [0.15, 0.2) is 0 Å². The number of carboxylic acid groups (broad SMARTS) is 1. The molecule has 8 nitrogen and oxygen atoms in total. The van der Waals surface area contributed by atoms with E-state index in [0.717, 1.165) is 5.82 Å². The van der Waals surface area contributed by atoms with E-state index in [2.05, 4.69) is 15.5 Å². The van der Waals surface area contributed by atoms with Crippen LogP contribution in [0.15, 0.2) is 6.33 Å². The molecule has 2 atom stereocenters. The first-order chi connectivity index (χ1) is 9.50. The van der Waals surface area contributed by atoms with E-state index in [4.69, 9.17) is 0 Å². The fourth-order valence-corrected chi connectivity index (χ4v) is 2.47. The molecule has 0 radical (unpaired) electrons. The Bertz CT molecular complexity index is 501. The summed E-state index contributed by atoms with van der Waals surface area (Å²) in [6.45, 7) is 2.74. The van der Waals surface area contributed by atoms with Gasteiger partial charge in [-0.15, -0.1) is 10.2 Å². The normalized spacial score (nSPS) is 22.0. The van der Waals surface area contributed by atoms with Crippen molar-refractivity contribution in [1.29, 1.82) is 0 Å². The largest absolute Gasteiger partial charge is 0.480 e. The van der Waals surface area contributed by atoms with E-state index in [9.17, 15) is 14.7 Å². The van der Waals surface area contributed by atoms with Crippen LogP contribution in [0.1, 0.15) is 19.2 Å². The van der Waals surface area contributed by atoms with Gasteiger partial charge in [0, 0.05) is 26.6 Å². The summed E-state index contributed by atoms with van der Waals surface area (Å²) in [7, 11) is 1.83. The molecule has 2 rings (SSSR count). The predicted molar refractivity (Wildman–Crippen MR) is 70.0 cm³/mol. The van der Waals surface area contributed by atoms with Crippen LogP contribution in [0.4, 0.5) is 4.79 Å². The summed E-state index contributed by atoms with van der Waals surface area (Å²) >= 11 is 0. The molecule has 0 spiro atoms. The molecular weight excluding hydrogens is 262 g/mol. The molecule has 0 aromatic carbocycles. The summed E-state index contributed by atoms with van der Waals surface area (Å²) in [4.78, 5) is 24.6. The number of hydrogen-bond donors (Lipinski definition) is 2. The lowest BCUT2D eigenvalue weighted by molar-refractivity contribution is -0.142. The van der Waals surface area contributed by atoms with Crippen LogP contribution in [-0.2, 0) is 18.3 Å². The summed E-state index contributed by atoms with van der Waals surface area (Å²) in [6.07, 6.45) is 2.87. The first-order valence-electron chi connectivity index (χ1n) is 6.61. The smallest absolute Gasteiger partial charge is 0.326 e. The van der Waals surface area contributed by atoms with Crippen LogP contribution in [0, 0.1) is 5.92 Å². The minimum absolute atomic E-state index is 0.0167. The van der Waals surface area contributed by atoms with E-state index >= 15 is 0 Å². The van der Waals surface area contributed by atoms with Crippen LogP contribution < -0.4 is 5.32 Å². The highest BCUT2D eigenvalue weighted by molar-refractivity contribution is 5.83. The zero-order chi connectivity index (χ0) is 14.7. The molecule has 8 heteroatoms. The molecule has 1 aromatic heterocycles. The number of aryl methyl sites for hydroxylation is 1. The van der Waals surface area contributed by atoms with Crippen LogP contribution >= 0.6 is 0 Å². The van der Waals surface area contributed by atoms with Gasteiger partial charge < -0.3 is 19.9 Å². The number of carboxylic acids is 1. The molecule has 1 fully saturated rings. The molecule has 1 aliphatic rings. The second kappa shape index (κ2) is 5.89. The Kier molecular flexibility index (Phi) is 4.21. The lowest BCUT2D eigenvalue weighted by Crippen LogP contribution is -2.48. The van der Waals surface area contributed by atoms with Crippen molar-refractivity contribution in [2.45, 2.75) is 25.8 Å². The summed E-state index contributed by atoms with van der Waals surface area (Å²) in [5.74, 6) is -0.190.